The van der Waals surface area contributed by atoms with Crippen molar-refractivity contribution >= 4 is 5.91 Å². The van der Waals surface area contributed by atoms with Gasteiger partial charge >= 0.3 is 0 Å². The Labute approximate surface area is 143 Å². The summed E-state index contributed by atoms with van der Waals surface area (Å²) in [5.41, 5.74) is 1.36. The van der Waals surface area contributed by atoms with Gasteiger partial charge in [0.25, 0.3) is 0 Å². The molecular weight excluding hydrogens is 302 g/mol. The molecule has 130 valence electrons. The smallest absolute Gasteiger partial charge is 0.223 e. The predicted octanol–water partition coefficient (Wildman–Crippen LogP) is 1.98. The number of rotatable bonds is 4. The van der Waals surface area contributed by atoms with Gasteiger partial charge in [0.15, 0.2) is 0 Å². The van der Waals surface area contributed by atoms with Crippen LogP contribution in [0.4, 0.5) is 0 Å². The molecule has 2 saturated heterocycles. The Kier molecular flexibility index (Phi) is 4.55. The van der Waals surface area contributed by atoms with Crippen LogP contribution >= 0.6 is 0 Å². The number of carbonyl (C=O) groups excluding carboxylic acids is 1. The van der Waals surface area contributed by atoms with Gasteiger partial charge in [-0.15, -0.1) is 0 Å². The van der Waals surface area contributed by atoms with Gasteiger partial charge in [0.05, 0.1) is 18.3 Å². The number of hydrogen-bond donors (Lipinski definition) is 1. The van der Waals surface area contributed by atoms with Crippen LogP contribution in [0, 0.1) is 11.3 Å². The lowest BCUT2D eigenvalue weighted by atomic mass is 9.69. The molecule has 3 aliphatic rings. The van der Waals surface area contributed by atoms with Crippen molar-refractivity contribution in [3.05, 3.63) is 30.1 Å². The number of carbonyl (C=O) groups is 1. The fraction of sp³-hybridized carbons (Fsp3) is 0.684. The van der Waals surface area contributed by atoms with Gasteiger partial charge in [0, 0.05) is 25.3 Å². The molecule has 1 aromatic heterocycles. The normalized spacial score (nSPS) is 27.1. The van der Waals surface area contributed by atoms with Crippen LogP contribution in [0.2, 0.25) is 0 Å². The standard InChI is InChI=1S/C19H27N3O2/c23-18(15-4-5-15)21-17-14-24-12-8-19(17)6-10-22(11-7-19)13-16-3-1-2-9-20-16/h1-3,9,15,17H,4-8,10-14H2,(H,21,23)/t17-/m0/s1. The molecule has 3 fully saturated rings. The van der Waals surface area contributed by atoms with Gasteiger partial charge in [0.1, 0.15) is 0 Å². The fourth-order valence-electron chi connectivity index (χ4n) is 4.13. The summed E-state index contributed by atoms with van der Waals surface area (Å²) in [6.45, 7) is 4.58. The van der Waals surface area contributed by atoms with Crippen molar-refractivity contribution < 1.29 is 9.53 Å². The topological polar surface area (TPSA) is 54.5 Å². The quantitative estimate of drug-likeness (QED) is 0.918. The average Bonchev–Trinajstić information content (AvgIpc) is 3.45. The number of piperidine rings is 1. The summed E-state index contributed by atoms with van der Waals surface area (Å²) in [5.74, 6) is 0.522. The van der Waals surface area contributed by atoms with E-state index in [1.54, 1.807) is 0 Å². The molecule has 1 amide bonds. The monoisotopic (exact) mass is 329 g/mol. The van der Waals surface area contributed by atoms with E-state index in [9.17, 15) is 4.79 Å². The minimum absolute atomic E-state index is 0.191. The minimum Gasteiger partial charge on any atom is -0.379 e. The molecule has 1 N–H and O–H groups in total. The zero-order valence-electron chi connectivity index (χ0n) is 14.2. The molecule has 1 spiro atoms. The number of amides is 1. The van der Waals surface area contributed by atoms with Crippen molar-refractivity contribution in [1.82, 2.24) is 15.2 Å². The number of hydrogen-bond acceptors (Lipinski definition) is 4. The van der Waals surface area contributed by atoms with E-state index in [4.69, 9.17) is 4.74 Å². The molecule has 3 heterocycles. The molecule has 5 heteroatoms. The molecule has 1 aliphatic carbocycles. The molecule has 0 aromatic carbocycles. The minimum atomic E-state index is 0.191. The van der Waals surface area contributed by atoms with Gasteiger partial charge < -0.3 is 10.1 Å². The Morgan fingerprint density at radius 1 is 1.29 bits per heavy atom. The lowest BCUT2D eigenvalue weighted by molar-refractivity contribution is -0.127. The maximum absolute atomic E-state index is 12.2. The fourth-order valence-corrected chi connectivity index (χ4v) is 4.13. The largest absolute Gasteiger partial charge is 0.379 e. The second kappa shape index (κ2) is 6.81. The van der Waals surface area contributed by atoms with Crippen LogP contribution in [0.15, 0.2) is 24.4 Å². The maximum Gasteiger partial charge on any atom is 0.223 e. The number of nitrogens with zero attached hydrogens (tertiary/aromatic N) is 2. The van der Waals surface area contributed by atoms with Crippen LogP contribution in [-0.4, -0.2) is 48.1 Å². The summed E-state index contributed by atoms with van der Waals surface area (Å²) in [6.07, 6.45) is 7.33. The Hall–Kier alpha value is -1.46. The van der Waals surface area contributed by atoms with Crippen LogP contribution in [0.5, 0.6) is 0 Å². The third kappa shape index (κ3) is 3.47. The summed E-state index contributed by atoms with van der Waals surface area (Å²) in [7, 11) is 0. The lowest BCUT2D eigenvalue weighted by Crippen LogP contribution is -2.57. The SMILES string of the molecule is O=C(N[C@H]1COCCC12CCN(Cc1ccccn1)CC2)C1CC1. The third-order valence-corrected chi connectivity index (χ3v) is 6.00. The van der Waals surface area contributed by atoms with Crippen LogP contribution in [0.1, 0.15) is 37.8 Å². The first kappa shape index (κ1) is 16.0. The van der Waals surface area contributed by atoms with Gasteiger partial charge in [-0.3, -0.25) is 14.7 Å². The Balaban J connectivity index is 1.36. The molecule has 1 atom stereocenters. The Morgan fingerprint density at radius 3 is 2.83 bits per heavy atom. The first-order valence-electron chi connectivity index (χ1n) is 9.26. The number of nitrogens with one attached hydrogen (secondary N) is 1. The van der Waals surface area contributed by atoms with E-state index >= 15 is 0 Å². The molecule has 2 aliphatic heterocycles. The average molecular weight is 329 g/mol. The molecule has 4 rings (SSSR count). The van der Waals surface area contributed by atoms with E-state index in [-0.39, 0.29) is 23.3 Å². The zero-order chi connectivity index (χ0) is 16.4. The van der Waals surface area contributed by atoms with Crippen molar-refractivity contribution in [2.75, 3.05) is 26.3 Å². The van der Waals surface area contributed by atoms with Gasteiger partial charge in [-0.05, 0) is 62.7 Å². The highest BCUT2D eigenvalue weighted by Gasteiger charge is 2.45. The van der Waals surface area contributed by atoms with Crippen molar-refractivity contribution in [2.24, 2.45) is 11.3 Å². The first-order valence-corrected chi connectivity index (χ1v) is 9.26. The molecule has 5 nitrogen and oxygen atoms in total. The second-order valence-corrected chi connectivity index (χ2v) is 7.62. The van der Waals surface area contributed by atoms with E-state index in [0.29, 0.717) is 6.61 Å². The molecule has 1 aromatic rings. The van der Waals surface area contributed by atoms with Crippen molar-refractivity contribution in [3.8, 4) is 0 Å². The van der Waals surface area contributed by atoms with Crippen molar-refractivity contribution in [1.29, 1.82) is 0 Å². The lowest BCUT2D eigenvalue weighted by Gasteiger charge is -2.49. The molecule has 24 heavy (non-hydrogen) atoms. The second-order valence-electron chi connectivity index (χ2n) is 7.62. The molecule has 0 bridgehead atoms. The summed E-state index contributed by atoms with van der Waals surface area (Å²) in [5, 5.41) is 3.31. The highest BCUT2D eigenvalue weighted by Crippen LogP contribution is 2.41. The summed E-state index contributed by atoms with van der Waals surface area (Å²) in [6, 6.07) is 6.30. The highest BCUT2D eigenvalue weighted by molar-refractivity contribution is 5.81. The van der Waals surface area contributed by atoms with Crippen LogP contribution in [0.3, 0.4) is 0 Å². The molecular formula is C19H27N3O2. The van der Waals surface area contributed by atoms with E-state index in [1.165, 1.54) is 0 Å². The molecule has 1 saturated carbocycles. The predicted molar refractivity (Wildman–Crippen MR) is 91.3 cm³/mol. The maximum atomic E-state index is 12.2. The molecule has 0 unspecified atom stereocenters. The van der Waals surface area contributed by atoms with E-state index in [2.05, 4.69) is 27.3 Å². The van der Waals surface area contributed by atoms with E-state index in [0.717, 1.165) is 64.0 Å². The zero-order valence-corrected chi connectivity index (χ0v) is 14.2. The van der Waals surface area contributed by atoms with E-state index in [1.807, 2.05) is 12.3 Å². The van der Waals surface area contributed by atoms with Crippen LogP contribution in [-0.2, 0) is 16.1 Å². The third-order valence-electron chi connectivity index (χ3n) is 6.00. The van der Waals surface area contributed by atoms with Crippen molar-refractivity contribution in [2.45, 2.75) is 44.7 Å². The first-order chi connectivity index (χ1) is 11.8. The highest BCUT2D eigenvalue weighted by atomic mass is 16.5. The number of likely N-dealkylation sites (tertiary alicyclic amines) is 1. The van der Waals surface area contributed by atoms with E-state index < -0.39 is 0 Å². The Morgan fingerprint density at radius 2 is 2.12 bits per heavy atom. The Bertz CT molecular complexity index is 565. The van der Waals surface area contributed by atoms with Crippen molar-refractivity contribution in [3.63, 3.8) is 0 Å². The van der Waals surface area contributed by atoms with Gasteiger partial charge in [-0.2, -0.15) is 0 Å². The van der Waals surface area contributed by atoms with Gasteiger partial charge in [0.2, 0.25) is 5.91 Å². The van der Waals surface area contributed by atoms with Crippen LogP contribution < -0.4 is 5.32 Å². The van der Waals surface area contributed by atoms with Crippen LogP contribution in [0.25, 0.3) is 0 Å². The molecule has 0 radical (unpaired) electrons. The number of aromatic nitrogens is 1. The summed E-state index contributed by atoms with van der Waals surface area (Å²) < 4.78 is 5.69. The van der Waals surface area contributed by atoms with Gasteiger partial charge in [-0.1, -0.05) is 6.07 Å². The number of ether oxygens (including phenoxy) is 1. The number of pyridine rings is 1. The summed E-state index contributed by atoms with van der Waals surface area (Å²) in [4.78, 5) is 19.1. The van der Waals surface area contributed by atoms with Gasteiger partial charge in [-0.25, -0.2) is 0 Å². The summed E-state index contributed by atoms with van der Waals surface area (Å²) >= 11 is 0.